The van der Waals surface area contributed by atoms with Crippen molar-refractivity contribution in [2.24, 2.45) is 0 Å². The molecular weight excluding hydrogens is 120 g/mol. The van der Waals surface area contributed by atoms with E-state index < -0.39 is 12.3 Å². The molecule has 0 bridgehead atoms. The molecule has 1 atom stereocenters. The summed E-state index contributed by atoms with van der Waals surface area (Å²) in [6.45, 7) is 4.65. The zero-order chi connectivity index (χ0) is 7.44. The second-order valence-corrected chi connectivity index (χ2v) is 2.00. The van der Waals surface area contributed by atoms with Gasteiger partial charge in [-0.3, -0.25) is 4.79 Å². The molecule has 3 heteroatoms. The van der Waals surface area contributed by atoms with Crippen LogP contribution in [0.25, 0.3) is 0 Å². The summed E-state index contributed by atoms with van der Waals surface area (Å²) in [7, 11) is 0. The monoisotopic (exact) mass is 131 g/mol. The van der Waals surface area contributed by atoms with Gasteiger partial charge >= 0.3 is 5.97 Å². The Morgan fingerprint density at radius 1 is 1.56 bits per heavy atom. The Morgan fingerprint density at radius 3 is 2.11 bits per heavy atom. The fourth-order valence-corrected chi connectivity index (χ4v) is 0.273. The number of aliphatic hydroxyl groups excluding tert-OH is 1. The van der Waals surface area contributed by atoms with Crippen molar-refractivity contribution < 1.29 is 14.6 Å². The molecule has 0 aliphatic heterocycles. The van der Waals surface area contributed by atoms with E-state index in [0.29, 0.717) is 5.92 Å². The highest BCUT2D eigenvalue weighted by Gasteiger charge is 2.10. The van der Waals surface area contributed by atoms with Crippen molar-refractivity contribution in [3.8, 4) is 0 Å². The topological polar surface area (TPSA) is 46.5 Å². The van der Waals surface area contributed by atoms with Gasteiger partial charge in [-0.2, -0.15) is 0 Å². The van der Waals surface area contributed by atoms with Crippen molar-refractivity contribution in [1.82, 2.24) is 0 Å². The second-order valence-electron chi connectivity index (χ2n) is 2.00. The van der Waals surface area contributed by atoms with E-state index in [4.69, 9.17) is 5.11 Å². The van der Waals surface area contributed by atoms with Crippen LogP contribution in [-0.2, 0) is 9.53 Å². The lowest BCUT2D eigenvalue weighted by Gasteiger charge is -2.07. The molecule has 0 amide bonds. The lowest BCUT2D eigenvalue weighted by molar-refractivity contribution is -0.161. The largest absolute Gasteiger partial charge is 0.436 e. The molecule has 0 saturated carbocycles. The van der Waals surface area contributed by atoms with Gasteiger partial charge in [0, 0.05) is 0 Å². The summed E-state index contributed by atoms with van der Waals surface area (Å²) >= 11 is 0. The molecule has 0 aromatic heterocycles. The summed E-state index contributed by atoms with van der Waals surface area (Å²) in [5.41, 5.74) is 0. The number of carbonyl (C=O) groups is 1. The Balaban J connectivity index is 3.51. The van der Waals surface area contributed by atoms with Crippen LogP contribution >= 0.6 is 0 Å². The highest BCUT2D eigenvalue weighted by Crippen LogP contribution is 1.99. The molecule has 0 rings (SSSR count). The van der Waals surface area contributed by atoms with Crippen LogP contribution in [0, 0.1) is 5.92 Å². The number of carbonyl (C=O) groups excluding carboxylic acids is 1. The molecule has 9 heavy (non-hydrogen) atoms. The van der Waals surface area contributed by atoms with Crippen molar-refractivity contribution in [2.45, 2.75) is 27.1 Å². The van der Waals surface area contributed by atoms with Crippen LogP contribution in [-0.4, -0.2) is 17.4 Å². The number of rotatable bonds is 2. The lowest BCUT2D eigenvalue weighted by Crippen LogP contribution is -2.16. The van der Waals surface area contributed by atoms with Gasteiger partial charge in [-0.05, 0) is 20.8 Å². The molecule has 1 radical (unpaired) electrons. The zero-order valence-corrected chi connectivity index (χ0v) is 5.84. The molecule has 1 N–H and O–H groups in total. The summed E-state index contributed by atoms with van der Waals surface area (Å²) in [6, 6.07) is 0. The van der Waals surface area contributed by atoms with E-state index in [1.54, 1.807) is 13.8 Å². The van der Waals surface area contributed by atoms with E-state index in [2.05, 4.69) is 4.74 Å². The Bertz CT molecular complexity index is 96.5. The first-order chi connectivity index (χ1) is 4.04. The Hall–Kier alpha value is -0.570. The Morgan fingerprint density at radius 2 is 2.00 bits per heavy atom. The van der Waals surface area contributed by atoms with Crippen molar-refractivity contribution in [2.75, 3.05) is 0 Å². The average Bonchev–Trinajstić information content (AvgIpc) is 1.63. The Labute approximate surface area is 54.6 Å². The van der Waals surface area contributed by atoms with Gasteiger partial charge in [0.2, 0.25) is 0 Å². The summed E-state index contributed by atoms with van der Waals surface area (Å²) in [5, 5.41) is 8.52. The summed E-state index contributed by atoms with van der Waals surface area (Å²) in [6.07, 6.45) is -1.01. The molecule has 53 valence electrons. The smallest absolute Gasteiger partial charge is 0.314 e. The van der Waals surface area contributed by atoms with Gasteiger partial charge in [-0.15, -0.1) is 0 Å². The van der Waals surface area contributed by atoms with Gasteiger partial charge < -0.3 is 9.84 Å². The molecule has 0 aliphatic carbocycles. The molecule has 0 aliphatic rings. The van der Waals surface area contributed by atoms with Gasteiger partial charge in [-0.25, -0.2) is 0 Å². The standard InChI is InChI=1S/C6H11O3/c1-4(2)6(8)9-5(3)7/h5,7H,1-3H3. The fourth-order valence-electron chi connectivity index (χ4n) is 0.273. The molecule has 0 fully saturated rings. The molecule has 0 spiro atoms. The highest BCUT2D eigenvalue weighted by molar-refractivity contribution is 5.83. The van der Waals surface area contributed by atoms with E-state index in [0.717, 1.165) is 0 Å². The van der Waals surface area contributed by atoms with E-state index in [1.165, 1.54) is 6.92 Å². The fraction of sp³-hybridized carbons (Fsp3) is 0.667. The first kappa shape index (κ1) is 8.43. The number of hydrogen-bond donors (Lipinski definition) is 1. The number of ether oxygens (including phenoxy) is 1. The van der Waals surface area contributed by atoms with Crippen LogP contribution in [0.1, 0.15) is 20.8 Å². The van der Waals surface area contributed by atoms with E-state index in [9.17, 15) is 4.79 Å². The van der Waals surface area contributed by atoms with Crippen molar-refractivity contribution in [3.05, 3.63) is 5.92 Å². The van der Waals surface area contributed by atoms with Crippen LogP contribution in [0.2, 0.25) is 0 Å². The van der Waals surface area contributed by atoms with Crippen molar-refractivity contribution in [3.63, 3.8) is 0 Å². The third-order valence-electron chi connectivity index (χ3n) is 0.686. The molecular formula is C6H11O3. The predicted molar refractivity (Wildman–Crippen MR) is 32.4 cm³/mol. The maximum atomic E-state index is 10.5. The lowest BCUT2D eigenvalue weighted by atomic mass is 10.2. The van der Waals surface area contributed by atoms with Crippen LogP contribution in [0.5, 0.6) is 0 Å². The molecule has 0 heterocycles. The first-order valence-corrected chi connectivity index (χ1v) is 2.73. The predicted octanol–water partition coefficient (Wildman–Crippen LogP) is 0.482. The number of aliphatic hydroxyl groups is 1. The van der Waals surface area contributed by atoms with Gasteiger partial charge in [0.15, 0.2) is 6.29 Å². The van der Waals surface area contributed by atoms with E-state index in [-0.39, 0.29) is 0 Å². The average molecular weight is 131 g/mol. The first-order valence-electron chi connectivity index (χ1n) is 2.73. The maximum absolute atomic E-state index is 10.5. The summed E-state index contributed by atoms with van der Waals surface area (Å²) in [5.74, 6) is 0.0842. The quantitative estimate of drug-likeness (QED) is 0.438. The zero-order valence-electron chi connectivity index (χ0n) is 5.84. The molecule has 0 saturated heterocycles. The third-order valence-corrected chi connectivity index (χ3v) is 0.686. The molecule has 1 unspecified atom stereocenters. The summed E-state index contributed by atoms with van der Waals surface area (Å²) < 4.78 is 4.39. The minimum atomic E-state index is -1.01. The highest BCUT2D eigenvalue weighted by atomic mass is 16.6. The van der Waals surface area contributed by atoms with Gasteiger partial charge in [0.25, 0.3) is 0 Å². The molecule has 0 aromatic carbocycles. The summed E-state index contributed by atoms with van der Waals surface area (Å²) in [4.78, 5) is 10.5. The SMILES string of the molecule is C[C](C)C(=O)OC(C)O. The Kier molecular flexibility index (Phi) is 3.24. The van der Waals surface area contributed by atoms with Crippen molar-refractivity contribution >= 4 is 5.97 Å². The third kappa shape index (κ3) is 3.97. The van der Waals surface area contributed by atoms with Crippen LogP contribution in [0.4, 0.5) is 0 Å². The minimum absolute atomic E-state index is 0.454. The van der Waals surface area contributed by atoms with Crippen molar-refractivity contribution in [1.29, 1.82) is 0 Å². The van der Waals surface area contributed by atoms with Gasteiger partial charge in [-0.1, -0.05) is 0 Å². The second kappa shape index (κ2) is 3.45. The normalized spacial score (nSPS) is 13.4. The number of hydrogen-bond acceptors (Lipinski definition) is 3. The number of esters is 1. The van der Waals surface area contributed by atoms with Gasteiger partial charge in [0.05, 0.1) is 5.92 Å². The molecule has 3 nitrogen and oxygen atoms in total. The maximum Gasteiger partial charge on any atom is 0.314 e. The molecule has 0 aromatic rings. The van der Waals surface area contributed by atoms with Crippen LogP contribution in [0.3, 0.4) is 0 Å². The van der Waals surface area contributed by atoms with Crippen LogP contribution < -0.4 is 0 Å². The van der Waals surface area contributed by atoms with E-state index in [1.807, 2.05) is 0 Å². The van der Waals surface area contributed by atoms with Gasteiger partial charge in [0.1, 0.15) is 0 Å². The van der Waals surface area contributed by atoms with E-state index >= 15 is 0 Å². The van der Waals surface area contributed by atoms with Crippen LogP contribution in [0.15, 0.2) is 0 Å². The minimum Gasteiger partial charge on any atom is -0.436 e.